The number of alkyl halides is 3. The van der Waals surface area contributed by atoms with Crippen molar-refractivity contribution in [3.05, 3.63) is 59.7 Å². The van der Waals surface area contributed by atoms with Crippen molar-refractivity contribution in [2.75, 3.05) is 19.0 Å². The fraction of sp³-hybridized carbons (Fsp3) is 0.261. The number of halogens is 4. The van der Waals surface area contributed by atoms with Gasteiger partial charge in [-0.15, -0.1) is 25.6 Å². The first-order chi connectivity index (χ1) is 16.7. The standard InChI is InChI=1S/C23H20F3N3O6.ClH/c1-32-21-28-17(14-4-7-18-15(10-14)11-20(33-18)34-22(30)31)12-19(29-21)27-9-8-13-2-5-16(6-3-13)35-23(24,25)26;/h2-7,10,12,20H,8-9,11H2,1H3,(H,30,31)(H,27,28,29);1H. The molecule has 36 heavy (non-hydrogen) atoms. The number of ether oxygens (including phenoxy) is 4. The fourth-order valence-corrected chi connectivity index (χ4v) is 3.50. The van der Waals surface area contributed by atoms with Gasteiger partial charge in [0, 0.05) is 23.7 Å². The zero-order chi connectivity index (χ0) is 25.0. The Balaban J connectivity index is 0.00000361. The van der Waals surface area contributed by atoms with Crippen molar-refractivity contribution in [3.63, 3.8) is 0 Å². The Morgan fingerprint density at radius 3 is 2.58 bits per heavy atom. The lowest BCUT2D eigenvalue weighted by atomic mass is 10.1. The number of hydrogen-bond acceptors (Lipinski definition) is 8. The second-order valence-corrected chi connectivity index (χ2v) is 7.45. The molecule has 0 saturated heterocycles. The van der Waals surface area contributed by atoms with E-state index in [1.165, 1.54) is 19.2 Å². The SMILES string of the molecule is COc1nc(NCCc2ccc(OC(F)(F)F)cc2)cc(-c2ccc3c(c2)CC(OC(=O)O)O3)n1.Cl. The number of benzene rings is 2. The summed E-state index contributed by atoms with van der Waals surface area (Å²) in [6, 6.07) is 12.8. The number of fused-ring (bicyclic) bond motifs is 1. The van der Waals surface area contributed by atoms with Crippen LogP contribution in [0.5, 0.6) is 17.5 Å². The molecule has 2 heterocycles. The highest BCUT2D eigenvalue weighted by atomic mass is 35.5. The number of nitrogens with zero attached hydrogens (tertiary/aromatic N) is 2. The summed E-state index contributed by atoms with van der Waals surface area (Å²) < 4.78 is 56.1. The number of methoxy groups -OCH3 is 1. The van der Waals surface area contributed by atoms with Crippen LogP contribution in [-0.2, 0) is 17.6 Å². The third-order valence-electron chi connectivity index (χ3n) is 5.00. The first-order valence-corrected chi connectivity index (χ1v) is 10.4. The van der Waals surface area contributed by atoms with Gasteiger partial charge in [-0.05, 0) is 42.3 Å². The van der Waals surface area contributed by atoms with Crippen molar-refractivity contribution in [2.45, 2.75) is 25.5 Å². The molecule has 1 aliphatic heterocycles. The minimum absolute atomic E-state index is 0. The number of carbonyl (C=O) groups is 1. The molecular weight excluding hydrogens is 507 g/mol. The molecule has 1 unspecified atom stereocenters. The largest absolute Gasteiger partial charge is 0.573 e. The lowest BCUT2D eigenvalue weighted by Crippen LogP contribution is -2.20. The van der Waals surface area contributed by atoms with E-state index >= 15 is 0 Å². The van der Waals surface area contributed by atoms with Crippen LogP contribution in [0.3, 0.4) is 0 Å². The number of aromatic nitrogens is 2. The molecule has 1 aromatic heterocycles. The van der Waals surface area contributed by atoms with Gasteiger partial charge in [-0.25, -0.2) is 4.79 Å². The van der Waals surface area contributed by atoms with Gasteiger partial charge in [-0.3, -0.25) is 0 Å². The third kappa shape index (κ3) is 7.04. The van der Waals surface area contributed by atoms with E-state index in [4.69, 9.17) is 14.6 Å². The molecule has 1 atom stereocenters. The fourth-order valence-electron chi connectivity index (χ4n) is 3.50. The topological polar surface area (TPSA) is 112 Å². The van der Waals surface area contributed by atoms with E-state index in [9.17, 15) is 18.0 Å². The lowest BCUT2D eigenvalue weighted by Gasteiger charge is -2.11. The van der Waals surface area contributed by atoms with Crippen LogP contribution in [0.4, 0.5) is 23.8 Å². The van der Waals surface area contributed by atoms with Gasteiger partial charge in [0.05, 0.1) is 19.2 Å². The summed E-state index contributed by atoms with van der Waals surface area (Å²) in [6.45, 7) is 0.450. The summed E-state index contributed by atoms with van der Waals surface area (Å²) in [5, 5.41) is 11.9. The molecule has 9 nitrogen and oxygen atoms in total. The number of nitrogens with one attached hydrogen (secondary N) is 1. The Morgan fingerprint density at radius 1 is 1.17 bits per heavy atom. The van der Waals surface area contributed by atoms with Gasteiger partial charge in [0.15, 0.2) is 0 Å². The highest BCUT2D eigenvalue weighted by Gasteiger charge is 2.31. The summed E-state index contributed by atoms with van der Waals surface area (Å²) in [4.78, 5) is 19.4. The summed E-state index contributed by atoms with van der Waals surface area (Å²) in [5.41, 5.74) is 2.90. The summed E-state index contributed by atoms with van der Waals surface area (Å²) in [5.74, 6) is 0.749. The highest BCUT2D eigenvalue weighted by Crippen LogP contribution is 2.33. The zero-order valence-corrected chi connectivity index (χ0v) is 19.6. The molecule has 0 fully saturated rings. The number of hydrogen-bond donors (Lipinski definition) is 2. The van der Waals surface area contributed by atoms with Crippen molar-refractivity contribution >= 4 is 24.4 Å². The second-order valence-electron chi connectivity index (χ2n) is 7.45. The molecule has 0 amide bonds. The van der Waals surface area contributed by atoms with Gasteiger partial charge in [-0.1, -0.05) is 12.1 Å². The van der Waals surface area contributed by atoms with E-state index in [1.807, 2.05) is 6.07 Å². The second kappa shape index (κ2) is 11.2. The molecule has 0 radical (unpaired) electrons. The molecule has 13 heteroatoms. The van der Waals surface area contributed by atoms with Crippen LogP contribution in [0.15, 0.2) is 48.5 Å². The van der Waals surface area contributed by atoms with Gasteiger partial charge in [0.1, 0.15) is 17.3 Å². The molecule has 2 aromatic carbocycles. The van der Waals surface area contributed by atoms with Gasteiger partial charge in [0.25, 0.3) is 6.29 Å². The third-order valence-corrected chi connectivity index (χ3v) is 5.00. The highest BCUT2D eigenvalue weighted by molar-refractivity contribution is 5.85. The lowest BCUT2D eigenvalue weighted by molar-refractivity contribution is -0.274. The van der Waals surface area contributed by atoms with E-state index < -0.39 is 18.8 Å². The smallest absolute Gasteiger partial charge is 0.467 e. The average molecular weight is 528 g/mol. The molecule has 0 aliphatic carbocycles. The minimum Gasteiger partial charge on any atom is -0.467 e. The van der Waals surface area contributed by atoms with Crippen molar-refractivity contribution in [2.24, 2.45) is 0 Å². The Bertz CT molecular complexity index is 1210. The molecule has 0 spiro atoms. The van der Waals surface area contributed by atoms with Crippen molar-refractivity contribution in [3.8, 4) is 28.8 Å². The van der Waals surface area contributed by atoms with E-state index in [2.05, 4.69) is 24.8 Å². The van der Waals surface area contributed by atoms with Crippen LogP contribution in [0.2, 0.25) is 0 Å². The molecule has 0 saturated carbocycles. The maximum absolute atomic E-state index is 12.3. The Morgan fingerprint density at radius 2 is 1.92 bits per heavy atom. The normalized spacial score (nSPS) is 14.2. The van der Waals surface area contributed by atoms with Gasteiger partial charge in [-0.2, -0.15) is 9.97 Å². The van der Waals surface area contributed by atoms with E-state index in [-0.39, 0.29) is 30.6 Å². The Kier molecular flexibility index (Phi) is 8.30. The number of anilines is 1. The van der Waals surface area contributed by atoms with Crippen LogP contribution in [0.25, 0.3) is 11.3 Å². The Hall–Kier alpha value is -3.93. The molecule has 2 N–H and O–H groups in total. The molecule has 1 aliphatic rings. The summed E-state index contributed by atoms with van der Waals surface area (Å²) >= 11 is 0. The molecular formula is C23H21ClF3N3O6. The maximum atomic E-state index is 12.3. The monoisotopic (exact) mass is 527 g/mol. The van der Waals surface area contributed by atoms with Crippen molar-refractivity contribution in [1.82, 2.24) is 9.97 Å². The zero-order valence-electron chi connectivity index (χ0n) is 18.7. The van der Waals surface area contributed by atoms with E-state index in [0.29, 0.717) is 30.2 Å². The number of rotatable bonds is 8. The molecule has 3 aromatic rings. The molecule has 192 valence electrons. The first kappa shape index (κ1) is 26.7. The first-order valence-electron chi connectivity index (χ1n) is 10.4. The maximum Gasteiger partial charge on any atom is 0.573 e. The number of carboxylic acid groups (broad SMARTS) is 1. The van der Waals surface area contributed by atoms with E-state index in [1.54, 1.807) is 30.3 Å². The van der Waals surface area contributed by atoms with Crippen LogP contribution >= 0.6 is 12.4 Å². The van der Waals surface area contributed by atoms with Gasteiger partial charge >= 0.3 is 18.5 Å². The predicted molar refractivity (Wildman–Crippen MR) is 124 cm³/mol. The molecule has 4 rings (SSSR count). The van der Waals surface area contributed by atoms with Crippen molar-refractivity contribution < 1.29 is 42.0 Å². The quantitative estimate of drug-likeness (QED) is 0.387. The van der Waals surface area contributed by atoms with Crippen LogP contribution in [-0.4, -0.2) is 47.5 Å². The van der Waals surface area contributed by atoms with Crippen LogP contribution in [0, 0.1) is 0 Å². The summed E-state index contributed by atoms with van der Waals surface area (Å²) in [7, 11) is 1.44. The van der Waals surface area contributed by atoms with Crippen molar-refractivity contribution in [1.29, 1.82) is 0 Å². The predicted octanol–water partition coefficient (Wildman–Crippen LogP) is 5.08. The van der Waals surface area contributed by atoms with E-state index in [0.717, 1.165) is 16.7 Å². The van der Waals surface area contributed by atoms with Crippen LogP contribution in [0.1, 0.15) is 11.1 Å². The Labute approximate surface area is 209 Å². The average Bonchev–Trinajstić information content (AvgIpc) is 3.19. The summed E-state index contributed by atoms with van der Waals surface area (Å²) in [6.07, 6.45) is -6.24. The van der Waals surface area contributed by atoms with Crippen LogP contribution < -0.4 is 19.5 Å². The molecule has 0 bridgehead atoms. The van der Waals surface area contributed by atoms with Gasteiger partial charge < -0.3 is 29.4 Å². The minimum atomic E-state index is -4.73. The van der Waals surface area contributed by atoms with Gasteiger partial charge in [0.2, 0.25) is 0 Å².